The Morgan fingerprint density at radius 3 is 2.72 bits per heavy atom. The van der Waals surface area contributed by atoms with Crippen LogP contribution in [0.2, 0.25) is 0 Å². The van der Waals surface area contributed by atoms with E-state index in [4.69, 9.17) is 10.5 Å². The van der Waals surface area contributed by atoms with E-state index in [0.29, 0.717) is 23.6 Å². The van der Waals surface area contributed by atoms with E-state index < -0.39 is 4.92 Å². The van der Waals surface area contributed by atoms with Gasteiger partial charge in [0.25, 0.3) is 0 Å². The molecular formula is C17H17N5O3. The van der Waals surface area contributed by atoms with Gasteiger partial charge in [-0.3, -0.25) is 15.2 Å². The molecule has 0 aliphatic carbocycles. The number of aromatic amines is 1. The van der Waals surface area contributed by atoms with E-state index in [-0.39, 0.29) is 17.5 Å². The van der Waals surface area contributed by atoms with E-state index in [9.17, 15) is 10.1 Å². The molecule has 1 aromatic heterocycles. The van der Waals surface area contributed by atoms with Crippen molar-refractivity contribution >= 4 is 5.69 Å². The summed E-state index contributed by atoms with van der Waals surface area (Å²) in [6, 6.07) is 14.0. The quantitative estimate of drug-likeness (QED) is 0.526. The summed E-state index contributed by atoms with van der Waals surface area (Å²) in [5.74, 6) is 1.06. The number of H-pyrrole nitrogens is 1. The van der Waals surface area contributed by atoms with Gasteiger partial charge in [-0.05, 0) is 24.1 Å². The van der Waals surface area contributed by atoms with Gasteiger partial charge >= 0.3 is 5.69 Å². The number of nitrogens with two attached hydrogens (primary N) is 1. The fourth-order valence-corrected chi connectivity index (χ4v) is 2.51. The molecule has 0 saturated heterocycles. The molecule has 1 heterocycles. The van der Waals surface area contributed by atoms with E-state index in [1.807, 2.05) is 30.3 Å². The third-order valence-corrected chi connectivity index (χ3v) is 3.79. The number of methoxy groups -OCH3 is 1. The highest BCUT2D eigenvalue weighted by Gasteiger charge is 2.19. The minimum Gasteiger partial charge on any atom is -0.490 e. The fourth-order valence-electron chi connectivity index (χ4n) is 2.51. The second kappa shape index (κ2) is 7.10. The number of nitro benzene ring substituents is 1. The van der Waals surface area contributed by atoms with Gasteiger partial charge in [0.1, 0.15) is 5.82 Å². The van der Waals surface area contributed by atoms with Crippen LogP contribution in [0.25, 0.3) is 11.4 Å². The van der Waals surface area contributed by atoms with E-state index in [1.54, 1.807) is 6.07 Å². The lowest BCUT2D eigenvalue weighted by Gasteiger charge is -2.07. The predicted molar refractivity (Wildman–Crippen MR) is 92.1 cm³/mol. The Kier molecular flexibility index (Phi) is 4.71. The first kappa shape index (κ1) is 16.6. The van der Waals surface area contributed by atoms with Crippen molar-refractivity contribution in [1.29, 1.82) is 0 Å². The minimum atomic E-state index is -0.503. The highest BCUT2D eigenvalue weighted by atomic mass is 16.6. The molecule has 3 rings (SSSR count). The van der Waals surface area contributed by atoms with Crippen LogP contribution in [0.15, 0.2) is 48.5 Å². The van der Waals surface area contributed by atoms with Crippen LogP contribution in [0.3, 0.4) is 0 Å². The molecule has 2 aromatic carbocycles. The molecule has 128 valence electrons. The van der Waals surface area contributed by atoms with Crippen molar-refractivity contribution in [3.8, 4) is 17.1 Å². The number of benzene rings is 2. The Morgan fingerprint density at radius 1 is 1.28 bits per heavy atom. The zero-order valence-corrected chi connectivity index (χ0v) is 13.5. The highest BCUT2D eigenvalue weighted by Crippen LogP contribution is 2.31. The number of rotatable bonds is 6. The first-order valence-corrected chi connectivity index (χ1v) is 7.63. The first-order valence-electron chi connectivity index (χ1n) is 7.63. The Labute approximate surface area is 143 Å². The molecule has 0 radical (unpaired) electrons. The molecule has 0 fully saturated rings. The second-order valence-corrected chi connectivity index (χ2v) is 5.48. The van der Waals surface area contributed by atoms with E-state index in [2.05, 4.69) is 15.2 Å². The first-order chi connectivity index (χ1) is 12.1. The molecule has 8 nitrogen and oxygen atoms in total. The van der Waals surface area contributed by atoms with Crippen LogP contribution in [0, 0.1) is 10.1 Å². The molecule has 0 bridgehead atoms. The lowest BCUT2D eigenvalue weighted by Crippen LogP contribution is -2.15. The zero-order valence-electron chi connectivity index (χ0n) is 13.5. The molecule has 0 saturated carbocycles. The van der Waals surface area contributed by atoms with Crippen molar-refractivity contribution in [3.05, 3.63) is 70.0 Å². The fraction of sp³-hybridized carbons (Fsp3) is 0.176. The molecule has 8 heteroatoms. The monoisotopic (exact) mass is 339 g/mol. The summed E-state index contributed by atoms with van der Waals surface area (Å²) in [5.41, 5.74) is 7.65. The lowest BCUT2D eigenvalue weighted by atomic mass is 10.1. The van der Waals surface area contributed by atoms with Gasteiger partial charge in [-0.25, -0.2) is 4.98 Å². The van der Waals surface area contributed by atoms with Gasteiger partial charge in [-0.2, -0.15) is 5.10 Å². The second-order valence-electron chi connectivity index (χ2n) is 5.48. The highest BCUT2D eigenvalue weighted by molar-refractivity contribution is 5.63. The average Bonchev–Trinajstić information content (AvgIpc) is 3.12. The van der Waals surface area contributed by atoms with Gasteiger partial charge in [0.2, 0.25) is 0 Å². The topological polar surface area (TPSA) is 120 Å². The largest absolute Gasteiger partial charge is 0.490 e. The number of aromatic nitrogens is 3. The maximum Gasteiger partial charge on any atom is 0.311 e. The van der Waals surface area contributed by atoms with Gasteiger partial charge in [0.05, 0.1) is 18.1 Å². The Bertz CT molecular complexity index is 879. The van der Waals surface area contributed by atoms with Crippen molar-refractivity contribution in [3.63, 3.8) is 0 Å². The molecule has 0 spiro atoms. The molecule has 3 aromatic rings. The van der Waals surface area contributed by atoms with Crippen molar-refractivity contribution in [2.45, 2.75) is 12.5 Å². The maximum atomic E-state index is 11.1. The predicted octanol–water partition coefficient (Wildman–Crippen LogP) is 2.63. The summed E-state index contributed by atoms with van der Waals surface area (Å²) in [6.45, 7) is 0. The van der Waals surface area contributed by atoms with Gasteiger partial charge in [-0.15, -0.1) is 0 Å². The number of nitrogens with one attached hydrogen (secondary N) is 1. The lowest BCUT2D eigenvalue weighted by molar-refractivity contribution is -0.385. The number of ether oxygens (including phenoxy) is 1. The number of hydrogen-bond acceptors (Lipinski definition) is 6. The minimum absolute atomic E-state index is 0.139. The Hall–Kier alpha value is -3.26. The summed E-state index contributed by atoms with van der Waals surface area (Å²) in [5, 5.41) is 18.1. The third kappa shape index (κ3) is 3.64. The summed E-state index contributed by atoms with van der Waals surface area (Å²) in [4.78, 5) is 15.0. The molecular weight excluding hydrogens is 322 g/mol. The van der Waals surface area contributed by atoms with Gasteiger partial charge in [0.15, 0.2) is 11.6 Å². The van der Waals surface area contributed by atoms with Crippen LogP contribution in [-0.2, 0) is 6.42 Å². The molecule has 1 atom stereocenters. The molecule has 0 unspecified atom stereocenters. The molecule has 25 heavy (non-hydrogen) atoms. The van der Waals surface area contributed by atoms with Gasteiger partial charge in [-0.1, -0.05) is 30.3 Å². The number of nitro groups is 1. The van der Waals surface area contributed by atoms with Gasteiger partial charge < -0.3 is 10.5 Å². The maximum absolute atomic E-state index is 11.1. The Morgan fingerprint density at radius 2 is 2.04 bits per heavy atom. The normalized spacial score (nSPS) is 11.9. The molecule has 0 aliphatic rings. The smallest absolute Gasteiger partial charge is 0.311 e. The number of hydrogen-bond donors (Lipinski definition) is 2. The third-order valence-electron chi connectivity index (χ3n) is 3.79. The average molecular weight is 339 g/mol. The van der Waals surface area contributed by atoms with Crippen molar-refractivity contribution < 1.29 is 9.66 Å². The van der Waals surface area contributed by atoms with Crippen molar-refractivity contribution in [1.82, 2.24) is 15.2 Å². The van der Waals surface area contributed by atoms with Crippen molar-refractivity contribution in [2.24, 2.45) is 5.73 Å². The van der Waals surface area contributed by atoms with E-state index >= 15 is 0 Å². The van der Waals surface area contributed by atoms with E-state index in [0.717, 1.165) is 5.56 Å². The van der Waals surface area contributed by atoms with E-state index in [1.165, 1.54) is 19.2 Å². The standard InChI is InChI=1S/C17H17N5O3/c1-25-15-8-7-12(10-14(15)22(23)24)16-19-17(21-20-16)13(18)9-11-5-3-2-4-6-11/h2-8,10,13H,9,18H2,1H3,(H,19,20,21)/t13-/m1/s1. The molecule has 0 amide bonds. The summed E-state index contributed by atoms with van der Waals surface area (Å²) < 4.78 is 5.00. The van der Waals surface area contributed by atoms with Crippen LogP contribution < -0.4 is 10.5 Å². The summed E-state index contributed by atoms with van der Waals surface area (Å²) >= 11 is 0. The zero-order chi connectivity index (χ0) is 17.8. The summed E-state index contributed by atoms with van der Waals surface area (Å²) in [6.07, 6.45) is 0.609. The van der Waals surface area contributed by atoms with Crippen LogP contribution in [0.5, 0.6) is 5.75 Å². The van der Waals surface area contributed by atoms with Crippen molar-refractivity contribution in [2.75, 3.05) is 7.11 Å². The SMILES string of the molecule is COc1ccc(-c2n[nH]c([C@H](N)Cc3ccccc3)n2)cc1[N+](=O)[O-]. The summed E-state index contributed by atoms with van der Waals surface area (Å²) in [7, 11) is 1.38. The molecule has 0 aliphatic heterocycles. The van der Waals surface area contributed by atoms with Crippen LogP contribution >= 0.6 is 0 Å². The Balaban J connectivity index is 1.84. The number of nitrogens with zero attached hydrogens (tertiary/aromatic N) is 3. The van der Waals surface area contributed by atoms with Crippen LogP contribution in [-0.4, -0.2) is 27.2 Å². The molecule has 3 N–H and O–H groups in total. The van der Waals surface area contributed by atoms with Crippen LogP contribution in [0.4, 0.5) is 5.69 Å². The van der Waals surface area contributed by atoms with Gasteiger partial charge in [0, 0.05) is 11.6 Å². The van der Waals surface area contributed by atoms with Crippen LogP contribution in [0.1, 0.15) is 17.4 Å².